The molecule has 0 aliphatic carbocycles. The van der Waals surface area contributed by atoms with Crippen molar-refractivity contribution in [1.29, 1.82) is 0 Å². The topological polar surface area (TPSA) is 527 Å². The number of ether oxygens (including phenoxy) is 9. The number of carbonyl (C=O) groups excluding carboxylic acids is 9. The van der Waals surface area contributed by atoms with Crippen LogP contribution in [0.15, 0.2) is 0 Å². The molecule has 0 spiro atoms. The maximum absolute atomic E-state index is 12.7. The van der Waals surface area contributed by atoms with Crippen LogP contribution in [0.2, 0.25) is 0 Å². The first-order valence-electron chi connectivity index (χ1n) is 33.5. The maximum atomic E-state index is 12.7. The number of rotatable bonds is 55. The minimum Gasteiger partial charge on any atom is -0.394 e. The van der Waals surface area contributed by atoms with E-state index >= 15 is 0 Å². The summed E-state index contributed by atoms with van der Waals surface area (Å²) in [5, 5.41) is 114. The highest BCUT2D eigenvalue weighted by Gasteiger charge is 2.47. The highest BCUT2D eigenvalue weighted by atomic mass is 16.7. The molecule has 2 heterocycles. The zero-order valence-electron chi connectivity index (χ0n) is 57.3. The molecule has 2 rings (SSSR count). The first-order valence-corrected chi connectivity index (χ1v) is 33.5. The predicted octanol–water partition coefficient (Wildman–Crippen LogP) is -6.28. The van der Waals surface area contributed by atoms with Gasteiger partial charge in [0.2, 0.25) is 53.2 Å². The van der Waals surface area contributed by atoms with E-state index in [9.17, 15) is 89.1 Å². The third kappa shape index (κ3) is 37.8. The Bertz CT molecular complexity index is 2200. The van der Waals surface area contributed by atoms with Gasteiger partial charge in [-0.15, -0.1) is 0 Å². The first kappa shape index (κ1) is 88.6. The second-order valence-electron chi connectivity index (χ2n) is 24.3. The normalized spacial score (nSPS) is 22.6. The monoisotopic (exact) mass is 1420 g/mol. The van der Waals surface area contributed by atoms with Crippen LogP contribution in [0.5, 0.6) is 0 Å². The molecule has 18 N–H and O–H groups in total. The molecule has 36 heteroatoms. The Labute approximate surface area is 572 Å². The lowest BCUT2D eigenvalue weighted by Gasteiger charge is -2.42. The van der Waals surface area contributed by atoms with Crippen molar-refractivity contribution in [3.8, 4) is 0 Å². The predicted molar refractivity (Wildman–Crippen MR) is 344 cm³/mol. The van der Waals surface area contributed by atoms with Crippen molar-refractivity contribution in [1.82, 2.24) is 47.9 Å². The van der Waals surface area contributed by atoms with Crippen molar-refractivity contribution in [2.24, 2.45) is 5.41 Å². The van der Waals surface area contributed by atoms with Crippen LogP contribution in [-0.4, -0.2) is 311 Å². The fourth-order valence-electron chi connectivity index (χ4n) is 9.88. The molecule has 14 atom stereocenters. The molecular weight excluding hydrogens is 1300 g/mol. The van der Waals surface area contributed by atoms with Gasteiger partial charge in [0.1, 0.15) is 67.0 Å². The van der Waals surface area contributed by atoms with Crippen LogP contribution >= 0.6 is 0 Å². The molecule has 2 aliphatic rings. The largest absolute Gasteiger partial charge is 0.394 e. The summed E-state index contributed by atoms with van der Waals surface area (Å²) in [4.78, 5) is 110. The number of aliphatic hydroxyl groups is 9. The number of hydrogen-bond acceptors (Lipinski definition) is 27. The fourth-order valence-corrected chi connectivity index (χ4v) is 9.88. The van der Waals surface area contributed by atoms with Crippen molar-refractivity contribution in [2.45, 2.75) is 210 Å². The molecule has 2 fully saturated rings. The van der Waals surface area contributed by atoms with E-state index in [1.807, 2.05) is 6.92 Å². The lowest BCUT2D eigenvalue weighted by molar-refractivity contribution is -0.270. The number of carbonyl (C=O) groups is 9. The second-order valence-corrected chi connectivity index (χ2v) is 24.3. The van der Waals surface area contributed by atoms with Crippen LogP contribution in [0.4, 0.5) is 0 Å². The van der Waals surface area contributed by atoms with Crippen molar-refractivity contribution in [2.75, 3.05) is 126 Å². The molecule has 0 aromatic heterocycles. The van der Waals surface area contributed by atoms with E-state index in [0.717, 1.165) is 0 Å². The summed E-state index contributed by atoms with van der Waals surface area (Å²) in [6, 6.07) is -2.14. The number of aliphatic hydroxyl groups excluding tert-OH is 9. The summed E-state index contributed by atoms with van der Waals surface area (Å²) in [5.74, 6) is -3.02. The Kier molecular flexibility index (Phi) is 46.7. The molecule has 9 amide bonds. The van der Waals surface area contributed by atoms with Gasteiger partial charge in [-0.2, -0.15) is 0 Å². The van der Waals surface area contributed by atoms with E-state index in [4.69, 9.17) is 42.6 Å². The molecule has 0 aromatic carbocycles. The van der Waals surface area contributed by atoms with Crippen LogP contribution in [-0.2, 0) is 85.8 Å². The van der Waals surface area contributed by atoms with E-state index in [1.54, 1.807) is 0 Å². The summed E-state index contributed by atoms with van der Waals surface area (Å²) < 4.78 is 50.7. The van der Waals surface area contributed by atoms with Gasteiger partial charge in [-0.25, -0.2) is 0 Å². The smallest absolute Gasteiger partial charge is 0.222 e. The summed E-state index contributed by atoms with van der Waals surface area (Å²) in [6.07, 6.45) is -11.4. The van der Waals surface area contributed by atoms with Crippen molar-refractivity contribution in [3.05, 3.63) is 0 Å². The van der Waals surface area contributed by atoms with Gasteiger partial charge in [0, 0.05) is 131 Å². The summed E-state index contributed by atoms with van der Waals surface area (Å²) in [6.45, 7) is 6.07. The minimum absolute atomic E-state index is 0.0140. The zero-order chi connectivity index (χ0) is 72.8. The molecule has 14 unspecified atom stereocenters. The first-order chi connectivity index (χ1) is 46.8. The highest BCUT2D eigenvalue weighted by molar-refractivity contribution is 5.78. The number of hydrogen-bond donors (Lipinski definition) is 18. The molecule has 0 saturated carbocycles. The molecule has 0 radical (unpaired) electrons. The molecule has 2 aliphatic heterocycles. The Morgan fingerprint density at radius 2 is 0.776 bits per heavy atom. The van der Waals surface area contributed by atoms with Crippen LogP contribution in [0.1, 0.15) is 124 Å². The van der Waals surface area contributed by atoms with Crippen molar-refractivity contribution >= 4 is 53.2 Å². The van der Waals surface area contributed by atoms with Gasteiger partial charge in [-0.3, -0.25) is 43.2 Å². The average Bonchev–Trinajstić information content (AvgIpc) is 0.819. The van der Waals surface area contributed by atoms with Gasteiger partial charge < -0.3 is 136 Å². The van der Waals surface area contributed by atoms with Gasteiger partial charge >= 0.3 is 0 Å². The molecule has 568 valence electrons. The van der Waals surface area contributed by atoms with Gasteiger partial charge in [-0.05, 0) is 57.8 Å². The van der Waals surface area contributed by atoms with Crippen LogP contribution in [0, 0.1) is 5.41 Å². The number of nitrogens with one attached hydrogen (secondary N) is 9. The quantitative estimate of drug-likeness (QED) is 0.0199. The van der Waals surface area contributed by atoms with E-state index in [0.29, 0.717) is 70.9 Å². The van der Waals surface area contributed by atoms with Gasteiger partial charge in [-0.1, -0.05) is 6.92 Å². The SMILES string of the molecule is COC(CO)C(O)C(O)C(NC(C)=O)OCCCCC(=O)NCCCNC(=O)CCOCC(C)(COCCC(=O)NCCCNC(=O)CCCCOC1OC(CO)C(O)C(O)C1NC(C)=O)COCCC(=O)NCCCNC(=O)CCCCOC1OC(CO)C(O)C(O)C1NC(C)=O. The number of amides is 9. The van der Waals surface area contributed by atoms with E-state index in [2.05, 4.69) is 47.9 Å². The molecule has 0 aromatic rings. The molecule has 0 bridgehead atoms. The van der Waals surface area contributed by atoms with E-state index in [-0.39, 0.29) is 160 Å². The molecule has 98 heavy (non-hydrogen) atoms. The molecular formula is C62H113N9O27. The van der Waals surface area contributed by atoms with Crippen LogP contribution in [0.3, 0.4) is 0 Å². The number of methoxy groups -OCH3 is 1. The Morgan fingerprint density at radius 1 is 0.439 bits per heavy atom. The van der Waals surface area contributed by atoms with Crippen LogP contribution in [0.25, 0.3) is 0 Å². The average molecular weight is 1420 g/mol. The van der Waals surface area contributed by atoms with Crippen LogP contribution < -0.4 is 47.9 Å². The molecule has 2 saturated heterocycles. The number of unbranched alkanes of at least 4 members (excludes halogenated alkanes) is 3. The van der Waals surface area contributed by atoms with Crippen molar-refractivity contribution in [3.63, 3.8) is 0 Å². The Balaban J connectivity index is 1.75. The summed E-state index contributed by atoms with van der Waals surface area (Å²) >= 11 is 0. The zero-order valence-corrected chi connectivity index (χ0v) is 57.3. The lowest BCUT2D eigenvalue weighted by Crippen LogP contribution is -2.64. The Morgan fingerprint density at radius 3 is 1.08 bits per heavy atom. The summed E-state index contributed by atoms with van der Waals surface area (Å²) in [5.41, 5.74) is -0.793. The third-order valence-electron chi connectivity index (χ3n) is 15.4. The van der Waals surface area contributed by atoms with E-state index < -0.39 is 129 Å². The van der Waals surface area contributed by atoms with Gasteiger partial charge in [0.15, 0.2) is 18.8 Å². The highest BCUT2D eigenvalue weighted by Crippen LogP contribution is 2.25. The third-order valence-corrected chi connectivity index (χ3v) is 15.4. The van der Waals surface area contributed by atoms with E-state index in [1.165, 1.54) is 27.9 Å². The van der Waals surface area contributed by atoms with Crippen molar-refractivity contribution < 1.29 is 132 Å². The maximum Gasteiger partial charge on any atom is 0.222 e. The Hall–Kier alpha value is -5.49. The second kappa shape index (κ2) is 51.6. The summed E-state index contributed by atoms with van der Waals surface area (Å²) in [7, 11) is 1.24. The lowest BCUT2D eigenvalue weighted by atomic mass is 9.94. The van der Waals surface area contributed by atoms with Gasteiger partial charge in [0.05, 0.1) is 59.5 Å². The minimum atomic E-state index is -1.61. The fraction of sp³-hybridized carbons (Fsp3) is 0.855. The van der Waals surface area contributed by atoms with Gasteiger partial charge in [0.25, 0.3) is 0 Å². The standard InChI is InChI=1S/C62H113N9O27/c1-39(75)69-51-56(87)54(85)43(34-73)97-60(51)95-28-10-7-16-46(79)64-22-13-25-67-49(82)19-31-92-37-62(4,36-91-30-18-48(81)66-24-12-21-63-45(78)15-6-9-27-94-59(71-41(3)77)58(89)53(84)42(33-72)90-5)38-93-32-20-50(83)68-26-14-23-65-47(80)17-8-11-29-96-61-52(70-40(2)76)57(88)55(86)44(35-74)98-61/h42-44,51-61,72-74,84-89H,6-38H2,1-5H3,(H,63,78)(H,64,79)(H,65,80)(H,66,81)(H,67,82)(H,68,83)(H,69,75)(H,70,76)(H,71,77). The molecule has 36 nitrogen and oxygen atoms in total.